The molecular weight excluding hydrogens is 108 g/mol. The van der Waals surface area contributed by atoms with E-state index in [0.717, 1.165) is 12.8 Å². The van der Waals surface area contributed by atoms with Crippen molar-refractivity contribution in [2.24, 2.45) is 5.41 Å². The zero-order valence-corrected chi connectivity index (χ0v) is 5.09. The second kappa shape index (κ2) is 1.19. The Morgan fingerprint density at radius 2 is 2.14 bits per heavy atom. The maximum absolute atomic E-state index is 8.68. The van der Waals surface area contributed by atoms with E-state index in [1.807, 2.05) is 6.92 Å². The standard InChI is InChI=1S/C5H8OS/c1-5(2-3-5)4(6)7/h2-3H2,1H3,(H,6,7). The number of rotatable bonds is 1. The lowest BCUT2D eigenvalue weighted by Gasteiger charge is -1.98. The van der Waals surface area contributed by atoms with Crippen LogP contribution in [0.4, 0.5) is 0 Å². The third kappa shape index (κ3) is 0.752. The van der Waals surface area contributed by atoms with E-state index in [2.05, 4.69) is 12.2 Å². The van der Waals surface area contributed by atoms with Crippen LogP contribution in [-0.4, -0.2) is 10.2 Å². The number of hydrogen-bond donors (Lipinski definition) is 1. The molecule has 1 fully saturated rings. The molecule has 0 saturated heterocycles. The maximum Gasteiger partial charge on any atom is 0.162 e. The molecule has 0 heterocycles. The quantitative estimate of drug-likeness (QED) is 0.526. The van der Waals surface area contributed by atoms with Gasteiger partial charge in [-0.05, 0) is 25.1 Å². The van der Waals surface area contributed by atoms with E-state index in [1.165, 1.54) is 0 Å². The zero-order valence-electron chi connectivity index (χ0n) is 4.27. The van der Waals surface area contributed by atoms with Crippen molar-refractivity contribution in [3.8, 4) is 0 Å². The molecule has 0 amide bonds. The van der Waals surface area contributed by atoms with Gasteiger partial charge in [0.1, 0.15) is 0 Å². The minimum atomic E-state index is 0.0370. The fraction of sp³-hybridized carbons (Fsp3) is 0.800. The Morgan fingerprint density at radius 3 is 2.14 bits per heavy atom. The van der Waals surface area contributed by atoms with Gasteiger partial charge in [-0.15, -0.1) is 0 Å². The van der Waals surface area contributed by atoms with Crippen molar-refractivity contribution >= 4 is 17.3 Å². The van der Waals surface area contributed by atoms with E-state index in [1.54, 1.807) is 0 Å². The van der Waals surface area contributed by atoms with Crippen molar-refractivity contribution in [1.82, 2.24) is 0 Å². The van der Waals surface area contributed by atoms with Crippen molar-refractivity contribution < 1.29 is 5.11 Å². The predicted molar refractivity (Wildman–Crippen MR) is 32.6 cm³/mol. The lowest BCUT2D eigenvalue weighted by atomic mass is 10.2. The van der Waals surface area contributed by atoms with E-state index in [9.17, 15) is 0 Å². The maximum atomic E-state index is 8.68. The normalized spacial score (nSPS) is 24.1. The van der Waals surface area contributed by atoms with Crippen LogP contribution in [0.3, 0.4) is 0 Å². The van der Waals surface area contributed by atoms with Crippen molar-refractivity contribution in [3.05, 3.63) is 0 Å². The van der Waals surface area contributed by atoms with Crippen LogP contribution < -0.4 is 0 Å². The fourth-order valence-electron chi connectivity index (χ4n) is 0.401. The highest BCUT2D eigenvalue weighted by molar-refractivity contribution is 7.80. The van der Waals surface area contributed by atoms with E-state index >= 15 is 0 Å². The summed E-state index contributed by atoms with van der Waals surface area (Å²) in [5.74, 6) is 0. The van der Waals surface area contributed by atoms with Gasteiger partial charge < -0.3 is 5.11 Å². The molecule has 0 aromatic rings. The van der Waals surface area contributed by atoms with Crippen molar-refractivity contribution in [2.75, 3.05) is 0 Å². The first-order valence-electron chi connectivity index (χ1n) is 2.38. The van der Waals surface area contributed by atoms with Gasteiger partial charge in [0.05, 0.1) is 0 Å². The summed E-state index contributed by atoms with van der Waals surface area (Å²) in [6.07, 6.45) is 2.14. The molecule has 1 aliphatic rings. The number of thiocarbonyl (C=S) groups is 1. The summed E-state index contributed by atoms with van der Waals surface area (Å²) in [6, 6.07) is 0. The number of aliphatic hydroxyl groups excluding tert-OH is 1. The van der Waals surface area contributed by atoms with E-state index in [0.29, 0.717) is 0 Å². The van der Waals surface area contributed by atoms with Gasteiger partial charge >= 0.3 is 0 Å². The minimum absolute atomic E-state index is 0.0370. The first-order chi connectivity index (χ1) is 3.15. The van der Waals surface area contributed by atoms with Crippen molar-refractivity contribution in [2.45, 2.75) is 19.8 Å². The monoisotopic (exact) mass is 116 g/mol. The van der Waals surface area contributed by atoms with Gasteiger partial charge in [-0.25, -0.2) is 0 Å². The van der Waals surface area contributed by atoms with Crippen molar-refractivity contribution in [1.29, 1.82) is 0 Å². The highest BCUT2D eigenvalue weighted by Crippen LogP contribution is 2.45. The van der Waals surface area contributed by atoms with E-state index in [-0.39, 0.29) is 10.5 Å². The molecule has 0 bridgehead atoms. The Hall–Kier alpha value is -0.110. The van der Waals surface area contributed by atoms with E-state index < -0.39 is 0 Å². The third-order valence-corrected chi connectivity index (χ3v) is 2.01. The molecule has 0 unspecified atom stereocenters. The van der Waals surface area contributed by atoms with Crippen LogP contribution in [0.15, 0.2) is 0 Å². The van der Waals surface area contributed by atoms with Crippen LogP contribution in [0.1, 0.15) is 19.8 Å². The van der Waals surface area contributed by atoms with Crippen LogP contribution in [-0.2, 0) is 0 Å². The van der Waals surface area contributed by atoms with Crippen molar-refractivity contribution in [3.63, 3.8) is 0 Å². The predicted octanol–water partition coefficient (Wildman–Crippen LogP) is 1.67. The smallest absolute Gasteiger partial charge is 0.162 e. The van der Waals surface area contributed by atoms with Gasteiger partial charge in [0.25, 0.3) is 0 Å². The summed E-state index contributed by atoms with van der Waals surface area (Å²) in [7, 11) is 0. The Labute approximate surface area is 48.3 Å². The number of hydrogen-bond acceptors (Lipinski definition) is 1. The van der Waals surface area contributed by atoms with Gasteiger partial charge in [0, 0.05) is 5.41 Å². The third-order valence-electron chi connectivity index (χ3n) is 1.52. The number of aliphatic hydroxyl groups is 1. The fourth-order valence-corrected chi connectivity index (χ4v) is 0.605. The van der Waals surface area contributed by atoms with Gasteiger partial charge in [-0.2, -0.15) is 0 Å². The average molecular weight is 116 g/mol. The molecule has 1 saturated carbocycles. The molecule has 0 radical (unpaired) electrons. The molecule has 2 heteroatoms. The molecule has 0 aromatic carbocycles. The highest BCUT2D eigenvalue weighted by Gasteiger charge is 2.41. The average Bonchev–Trinajstić information content (AvgIpc) is 2.21. The molecule has 40 valence electrons. The van der Waals surface area contributed by atoms with Gasteiger partial charge in [-0.3, -0.25) is 0 Å². The van der Waals surface area contributed by atoms with Gasteiger partial charge in [0.15, 0.2) is 5.05 Å². The van der Waals surface area contributed by atoms with Crippen LogP contribution in [0, 0.1) is 5.41 Å². The molecule has 0 aliphatic heterocycles. The molecular formula is C5H8OS. The molecule has 1 aliphatic carbocycles. The lowest BCUT2D eigenvalue weighted by molar-refractivity contribution is 0.504. The summed E-state index contributed by atoms with van der Waals surface area (Å²) in [6.45, 7) is 1.98. The summed E-state index contributed by atoms with van der Waals surface area (Å²) in [5.41, 5.74) is 0.0370. The Balaban J connectivity index is 2.55. The lowest BCUT2D eigenvalue weighted by Crippen LogP contribution is -2.05. The molecule has 0 aromatic heterocycles. The largest absolute Gasteiger partial charge is 0.502 e. The van der Waals surface area contributed by atoms with Crippen LogP contribution >= 0.6 is 12.2 Å². The second-order valence-electron chi connectivity index (χ2n) is 2.37. The van der Waals surface area contributed by atoms with Crippen LogP contribution in [0.2, 0.25) is 0 Å². The van der Waals surface area contributed by atoms with Gasteiger partial charge in [-0.1, -0.05) is 6.92 Å². The van der Waals surface area contributed by atoms with Crippen LogP contribution in [0.25, 0.3) is 0 Å². The van der Waals surface area contributed by atoms with Gasteiger partial charge in [0.2, 0.25) is 0 Å². The Kier molecular flexibility index (Phi) is 0.854. The summed E-state index contributed by atoms with van der Waals surface area (Å²) in [5, 5.41) is 8.87. The molecule has 1 rings (SSSR count). The SMILES string of the molecule is CC1(C(O)=S)CC1. The molecule has 0 spiro atoms. The summed E-state index contributed by atoms with van der Waals surface area (Å²) >= 11 is 4.55. The second-order valence-corrected chi connectivity index (χ2v) is 2.75. The Bertz CT molecular complexity index is 105. The molecule has 7 heavy (non-hydrogen) atoms. The summed E-state index contributed by atoms with van der Waals surface area (Å²) < 4.78 is 0. The topological polar surface area (TPSA) is 20.2 Å². The highest BCUT2D eigenvalue weighted by atomic mass is 32.1. The molecule has 1 nitrogen and oxygen atoms in total. The zero-order chi connectivity index (χ0) is 5.49. The first kappa shape index (κ1) is 5.04. The first-order valence-corrected chi connectivity index (χ1v) is 2.79. The minimum Gasteiger partial charge on any atom is -0.502 e. The van der Waals surface area contributed by atoms with E-state index in [4.69, 9.17) is 5.11 Å². The Morgan fingerprint density at radius 1 is 1.71 bits per heavy atom. The van der Waals surface area contributed by atoms with Crippen LogP contribution in [0.5, 0.6) is 0 Å². The molecule has 1 N–H and O–H groups in total. The summed E-state index contributed by atoms with van der Waals surface area (Å²) in [4.78, 5) is 0. The molecule has 0 atom stereocenters.